The summed E-state index contributed by atoms with van der Waals surface area (Å²) in [7, 11) is 0. The highest BCUT2D eigenvalue weighted by Gasteiger charge is 2.56. The molecule has 1 spiro atoms. The molecule has 2 aromatic carbocycles. The fraction of sp³-hybridized carbons (Fsp3) is 0.350. The molecule has 0 N–H and O–H groups in total. The molecule has 26 heavy (non-hydrogen) atoms. The van der Waals surface area contributed by atoms with Gasteiger partial charge in [-0.25, -0.2) is 0 Å². The highest BCUT2D eigenvalue weighted by Crippen LogP contribution is 2.47. The van der Waals surface area contributed by atoms with E-state index in [1.165, 1.54) is 0 Å². The second-order valence-corrected chi connectivity index (χ2v) is 7.59. The lowest BCUT2D eigenvalue weighted by molar-refractivity contribution is -0.180. The molecule has 0 radical (unpaired) electrons. The van der Waals surface area contributed by atoms with Crippen LogP contribution in [0, 0.1) is 0 Å². The molecular formula is C20H20BrNO4. The molecule has 0 aliphatic carbocycles. The van der Waals surface area contributed by atoms with Crippen molar-refractivity contribution in [3.05, 3.63) is 58.1 Å². The monoisotopic (exact) mass is 417 g/mol. The van der Waals surface area contributed by atoms with Gasteiger partial charge in [0.25, 0.3) is 11.7 Å². The van der Waals surface area contributed by atoms with Crippen LogP contribution in [0.4, 0.5) is 5.69 Å². The lowest BCUT2D eigenvalue weighted by Gasteiger charge is -2.22. The van der Waals surface area contributed by atoms with Crippen LogP contribution in [0.25, 0.3) is 0 Å². The predicted molar refractivity (Wildman–Crippen MR) is 101 cm³/mol. The Morgan fingerprint density at radius 3 is 2.50 bits per heavy atom. The molecule has 4 rings (SSSR count). The van der Waals surface area contributed by atoms with E-state index in [0.717, 1.165) is 27.0 Å². The van der Waals surface area contributed by atoms with Crippen molar-refractivity contribution < 1.29 is 19.0 Å². The van der Waals surface area contributed by atoms with Crippen LogP contribution < -0.4 is 9.64 Å². The average molecular weight is 418 g/mol. The topological polar surface area (TPSA) is 48.0 Å². The summed E-state index contributed by atoms with van der Waals surface area (Å²) in [6.07, 6.45) is 0.128. The lowest BCUT2D eigenvalue weighted by Crippen LogP contribution is -2.40. The first kappa shape index (κ1) is 17.5. The van der Waals surface area contributed by atoms with Crippen molar-refractivity contribution in [1.29, 1.82) is 0 Å². The van der Waals surface area contributed by atoms with Crippen LogP contribution in [-0.2, 0) is 26.6 Å². The molecular weight excluding hydrogens is 398 g/mol. The molecule has 2 aromatic rings. The van der Waals surface area contributed by atoms with Gasteiger partial charge >= 0.3 is 0 Å². The third kappa shape index (κ3) is 2.92. The quantitative estimate of drug-likeness (QED) is 0.754. The van der Waals surface area contributed by atoms with E-state index in [1.54, 1.807) is 4.90 Å². The minimum Gasteiger partial charge on any atom is -0.491 e. The lowest BCUT2D eigenvalue weighted by atomic mass is 10.1. The molecule has 2 heterocycles. The zero-order chi connectivity index (χ0) is 18.3. The van der Waals surface area contributed by atoms with Gasteiger partial charge in [-0.05, 0) is 49.7 Å². The predicted octanol–water partition coefficient (Wildman–Crippen LogP) is 3.98. The minimum atomic E-state index is -1.31. The Labute approximate surface area is 161 Å². The van der Waals surface area contributed by atoms with Crippen molar-refractivity contribution in [1.82, 2.24) is 0 Å². The first-order chi connectivity index (χ1) is 12.5. The number of fused-ring (bicyclic) bond motifs is 2. The van der Waals surface area contributed by atoms with E-state index in [2.05, 4.69) is 15.9 Å². The molecule has 6 heteroatoms. The van der Waals surface area contributed by atoms with Crippen LogP contribution in [0.2, 0.25) is 0 Å². The van der Waals surface area contributed by atoms with Crippen LogP contribution in [0.5, 0.6) is 5.75 Å². The summed E-state index contributed by atoms with van der Waals surface area (Å²) in [6, 6.07) is 13.6. The molecule has 0 aromatic heterocycles. The second kappa shape index (κ2) is 6.68. The molecule has 0 saturated carbocycles. The SMILES string of the molecule is CC(C)Oc1ccc(CN2C(=O)C3(OCCO3)c3cc(Br)ccc32)cc1. The summed E-state index contributed by atoms with van der Waals surface area (Å²) in [5.74, 6) is -0.662. The smallest absolute Gasteiger partial charge is 0.292 e. The maximum Gasteiger partial charge on any atom is 0.292 e. The van der Waals surface area contributed by atoms with Gasteiger partial charge in [-0.3, -0.25) is 4.79 Å². The van der Waals surface area contributed by atoms with Gasteiger partial charge < -0.3 is 19.1 Å². The molecule has 2 aliphatic rings. The van der Waals surface area contributed by atoms with E-state index in [-0.39, 0.29) is 12.0 Å². The number of ether oxygens (including phenoxy) is 3. The number of nitrogens with zero attached hydrogens (tertiary/aromatic N) is 1. The number of hydrogen-bond acceptors (Lipinski definition) is 4. The van der Waals surface area contributed by atoms with Gasteiger partial charge in [0, 0.05) is 10.0 Å². The molecule has 0 atom stereocenters. The van der Waals surface area contributed by atoms with Crippen molar-refractivity contribution >= 4 is 27.5 Å². The Bertz CT molecular complexity index is 828. The Hall–Kier alpha value is -1.89. The van der Waals surface area contributed by atoms with E-state index in [4.69, 9.17) is 14.2 Å². The molecule has 0 bridgehead atoms. The van der Waals surface area contributed by atoms with Gasteiger partial charge in [-0.2, -0.15) is 0 Å². The van der Waals surface area contributed by atoms with Crippen LogP contribution in [0.1, 0.15) is 25.0 Å². The first-order valence-corrected chi connectivity index (χ1v) is 9.44. The van der Waals surface area contributed by atoms with Crippen LogP contribution in [0.15, 0.2) is 46.9 Å². The highest BCUT2D eigenvalue weighted by molar-refractivity contribution is 9.10. The highest BCUT2D eigenvalue weighted by atomic mass is 79.9. The Morgan fingerprint density at radius 1 is 1.15 bits per heavy atom. The van der Waals surface area contributed by atoms with Crippen molar-refractivity contribution in [2.24, 2.45) is 0 Å². The van der Waals surface area contributed by atoms with Crippen molar-refractivity contribution in [2.45, 2.75) is 32.3 Å². The van der Waals surface area contributed by atoms with Crippen LogP contribution in [-0.4, -0.2) is 25.2 Å². The van der Waals surface area contributed by atoms with E-state index in [0.29, 0.717) is 19.8 Å². The third-order valence-electron chi connectivity index (χ3n) is 4.46. The number of amides is 1. The molecule has 2 aliphatic heterocycles. The normalized spacial score (nSPS) is 18.0. The van der Waals surface area contributed by atoms with E-state index in [9.17, 15) is 4.79 Å². The minimum absolute atomic E-state index is 0.128. The van der Waals surface area contributed by atoms with Crippen molar-refractivity contribution in [3.63, 3.8) is 0 Å². The Balaban J connectivity index is 1.64. The summed E-state index contributed by atoms with van der Waals surface area (Å²) in [5, 5.41) is 0. The van der Waals surface area contributed by atoms with E-state index < -0.39 is 5.79 Å². The Kier molecular flexibility index (Phi) is 4.50. The summed E-state index contributed by atoms with van der Waals surface area (Å²) in [5.41, 5.74) is 2.59. The number of anilines is 1. The number of halogens is 1. The fourth-order valence-electron chi connectivity index (χ4n) is 3.39. The number of hydrogen-bond donors (Lipinski definition) is 0. The van der Waals surface area contributed by atoms with E-state index >= 15 is 0 Å². The van der Waals surface area contributed by atoms with Crippen LogP contribution >= 0.6 is 15.9 Å². The molecule has 1 fully saturated rings. The number of benzene rings is 2. The first-order valence-electron chi connectivity index (χ1n) is 8.65. The number of carbonyl (C=O) groups excluding carboxylic acids is 1. The molecule has 136 valence electrons. The van der Waals surface area contributed by atoms with Gasteiger partial charge in [0.05, 0.1) is 31.5 Å². The number of carbonyl (C=O) groups is 1. The summed E-state index contributed by atoms with van der Waals surface area (Å²) in [6.45, 7) is 5.25. The largest absolute Gasteiger partial charge is 0.491 e. The van der Waals surface area contributed by atoms with Gasteiger partial charge in [0.15, 0.2) is 0 Å². The zero-order valence-electron chi connectivity index (χ0n) is 14.7. The van der Waals surface area contributed by atoms with Gasteiger partial charge in [-0.1, -0.05) is 28.1 Å². The van der Waals surface area contributed by atoms with Gasteiger partial charge in [-0.15, -0.1) is 0 Å². The van der Waals surface area contributed by atoms with Gasteiger partial charge in [0.1, 0.15) is 5.75 Å². The summed E-state index contributed by atoms with van der Waals surface area (Å²) in [4.78, 5) is 14.9. The standard InChI is InChI=1S/C20H20BrNO4/c1-13(2)26-16-6-3-14(4-7-16)12-22-18-8-5-15(21)11-17(18)20(19(22)23)24-9-10-25-20/h3-8,11,13H,9-10,12H2,1-2H3. The Morgan fingerprint density at radius 2 is 1.85 bits per heavy atom. The van der Waals surface area contributed by atoms with E-state index in [1.807, 2.05) is 56.3 Å². The zero-order valence-corrected chi connectivity index (χ0v) is 16.3. The van der Waals surface area contributed by atoms with Crippen molar-refractivity contribution in [3.8, 4) is 5.75 Å². The van der Waals surface area contributed by atoms with Crippen LogP contribution in [0.3, 0.4) is 0 Å². The summed E-state index contributed by atoms with van der Waals surface area (Å²) >= 11 is 3.47. The number of rotatable bonds is 4. The summed E-state index contributed by atoms with van der Waals surface area (Å²) < 4.78 is 18.1. The molecule has 1 amide bonds. The maximum absolute atomic E-state index is 13.2. The maximum atomic E-state index is 13.2. The van der Waals surface area contributed by atoms with Gasteiger partial charge in [0.2, 0.25) is 0 Å². The molecule has 5 nitrogen and oxygen atoms in total. The molecule has 0 unspecified atom stereocenters. The second-order valence-electron chi connectivity index (χ2n) is 6.68. The average Bonchev–Trinajstić information content (AvgIpc) is 3.18. The third-order valence-corrected chi connectivity index (χ3v) is 4.95. The molecule has 1 saturated heterocycles. The fourth-order valence-corrected chi connectivity index (χ4v) is 3.75. The van der Waals surface area contributed by atoms with Crippen molar-refractivity contribution in [2.75, 3.05) is 18.1 Å².